The lowest BCUT2D eigenvalue weighted by Gasteiger charge is -2.30. The number of nitrogens with two attached hydrogens (primary N) is 1. The SMILES string of the molecule is CC(Cc1ccccc1)[C@@H](/C=C/C(=O)N(C)C1CCCCC1)NC(=O)[C@H](C)N. The van der Waals surface area contributed by atoms with Gasteiger partial charge in [-0.25, -0.2) is 0 Å². The topological polar surface area (TPSA) is 75.4 Å². The zero-order valence-electron chi connectivity index (χ0n) is 17.4. The Morgan fingerprint density at radius 2 is 1.82 bits per heavy atom. The normalized spacial score (nSPS) is 18.4. The lowest BCUT2D eigenvalue weighted by atomic mass is 9.92. The van der Waals surface area contributed by atoms with Crippen molar-refractivity contribution in [3.8, 4) is 0 Å². The minimum Gasteiger partial charge on any atom is -0.348 e. The number of carbonyl (C=O) groups excluding carboxylic acids is 2. The number of benzene rings is 1. The Morgan fingerprint density at radius 1 is 1.18 bits per heavy atom. The zero-order chi connectivity index (χ0) is 20.5. The third-order valence-corrected chi connectivity index (χ3v) is 5.65. The van der Waals surface area contributed by atoms with Gasteiger partial charge in [0, 0.05) is 19.2 Å². The summed E-state index contributed by atoms with van der Waals surface area (Å²) in [6, 6.07) is 9.65. The summed E-state index contributed by atoms with van der Waals surface area (Å²) in [5.41, 5.74) is 6.93. The lowest BCUT2D eigenvalue weighted by Crippen LogP contribution is -2.46. The molecule has 3 atom stereocenters. The Hall–Kier alpha value is -2.14. The first-order valence-corrected chi connectivity index (χ1v) is 10.4. The molecule has 2 rings (SSSR count). The van der Waals surface area contributed by atoms with Crippen LogP contribution in [0.2, 0.25) is 0 Å². The van der Waals surface area contributed by atoms with Crippen molar-refractivity contribution >= 4 is 11.8 Å². The largest absolute Gasteiger partial charge is 0.348 e. The molecular formula is C23H35N3O2. The second-order valence-electron chi connectivity index (χ2n) is 8.09. The number of nitrogens with one attached hydrogen (secondary N) is 1. The van der Waals surface area contributed by atoms with E-state index in [1.807, 2.05) is 36.2 Å². The molecule has 1 unspecified atom stereocenters. The molecule has 5 nitrogen and oxygen atoms in total. The first-order valence-electron chi connectivity index (χ1n) is 10.4. The van der Waals surface area contributed by atoms with Crippen molar-refractivity contribution in [3.63, 3.8) is 0 Å². The molecule has 1 aliphatic carbocycles. The fourth-order valence-corrected chi connectivity index (χ4v) is 3.74. The number of hydrogen-bond donors (Lipinski definition) is 2. The van der Waals surface area contributed by atoms with Gasteiger partial charge in [0.15, 0.2) is 0 Å². The predicted octanol–water partition coefficient (Wildman–Crippen LogP) is 3.04. The van der Waals surface area contributed by atoms with E-state index in [4.69, 9.17) is 5.73 Å². The van der Waals surface area contributed by atoms with Crippen LogP contribution in [-0.2, 0) is 16.0 Å². The van der Waals surface area contributed by atoms with Crippen LogP contribution in [0.15, 0.2) is 42.5 Å². The molecule has 3 N–H and O–H groups in total. The van der Waals surface area contributed by atoms with Crippen molar-refractivity contribution in [2.75, 3.05) is 7.05 Å². The van der Waals surface area contributed by atoms with Gasteiger partial charge in [-0.1, -0.05) is 62.6 Å². The van der Waals surface area contributed by atoms with E-state index < -0.39 is 6.04 Å². The fourth-order valence-electron chi connectivity index (χ4n) is 3.74. The van der Waals surface area contributed by atoms with Crippen molar-refractivity contribution in [1.29, 1.82) is 0 Å². The third-order valence-electron chi connectivity index (χ3n) is 5.65. The van der Waals surface area contributed by atoms with E-state index in [2.05, 4.69) is 24.4 Å². The van der Waals surface area contributed by atoms with Gasteiger partial charge in [-0.05, 0) is 37.7 Å². The minimum atomic E-state index is -0.583. The molecule has 0 aromatic heterocycles. The standard InChI is InChI=1S/C23H35N3O2/c1-17(16-19-10-6-4-7-11-19)21(25-23(28)18(2)24)14-15-22(27)26(3)20-12-8-5-9-13-20/h4,6-7,10-11,14-15,17-18,20-21H,5,8-9,12-13,16,24H2,1-3H3,(H,25,28)/b15-14+/t17?,18-,21+/m0/s1. The highest BCUT2D eigenvalue weighted by atomic mass is 16.2. The predicted molar refractivity (Wildman–Crippen MR) is 114 cm³/mol. The Labute approximate surface area is 169 Å². The van der Waals surface area contributed by atoms with E-state index in [1.54, 1.807) is 13.0 Å². The Balaban J connectivity index is 2.05. The van der Waals surface area contributed by atoms with E-state index in [1.165, 1.54) is 24.8 Å². The van der Waals surface area contributed by atoms with E-state index >= 15 is 0 Å². The van der Waals surface area contributed by atoms with Crippen LogP contribution in [0.4, 0.5) is 0 Å². The molecule has 28 heavy (non-hydrogen) atoms. The number of rotatable bonds is 8. The van der Waals surface area contributed by atoms with Crippen molar-refractivity contribution in [2.45, 2.75) is 70.5 Å². The molecule has 1 fully saturated rings. The van der Waals surface area contributed by atoms with E-state index in [0.717, 1.165) is 19.3 Å². The van der Waals surface area contributed by atoms with Gasteiger partial charge in [-0.15, -0.1) is 0 Å². The number of hydrogen-bond acceptors (Lipinski definition) is 3. The lowest BCUT2D eigenvalue weighted by molar-refractivity contribution is -0.127. The summed E-state index contributed by atoms with van der Waals surface area (Å²) in [6.45, 7) is 3.75. The van der Waals surface area contributed by atoms with Crippen molar-refractivity contribution in [1.82, 2.24) is 10.2 Å². The average molecular weight is 386 g/mol. The minimum absolute atomic E-state index is 0.00106. The first-order chi connectivity index (χ1) is 13.4. The Morgan fingerprint density at radius 3 is 2.43 bits per heavy atom. The van der Waals surface area contributed by atoms with Crippen molar-refractivity contribution in [2.24, 2.45) is 11.7 Å². The molecule has 0 radical (unpaired) electrons. The monoisotopic (exact) mass is 385 g/mol. The highest BCUT2D eigenvalue weighted by Gasteiger charge is 2.22. The van der Waals surface area contributed by atoms with Gasteiger partial charge >= 0.3 is 0 Å². The van der Waals surface area contributed by atoms with Crippen LogP contribution in [0.25, 0.3) is 0 Å². The Bertz CT molecular complexity index is 651. The Kier molecular flexibility index (Phi) is 8.71. The molecule has 0 saturated heterocycles. The van der Waals surface area contributed by atoms with Crippen LogP contribution in [0.5, 0.6) is 0 Å². The van der Waals surface area contributed by atoms with E-state index in [-0.39, 0.29) is 23.8 Å². The maximum Gasteiger partial charge on any atom is 0.246 e. The van der Waals surface area contributed by atoms with Crippen LogP contribution < -0.4 is 11.1 Å². The fraction of sp³-hybridized carbons (Fsp3) is 0.565. The number of nitrogens with zero attached hydrogens (tertiary/aromatic N) is 1. The van der Waals surface area contributed by atoms with Gasteiger partial charge in [0.1, 0.15) is 0 Å². The van der Waals surface area contributed by atoms with Gasteiger partial charge in [-0.2, -0.15) is 0 Å². The van der Waals surface area contributed by atoms with Crippen LogP contribution >= 0.6 is 0 Å². The van der Waals surface area contributed by atoms with Crippen molar-refractivity contribution in [3.05, 3.63) is 48.0 Å². The van der Waals surface area contributed by atoms with Crippen molar-refractivity contribution < 1.29 is 9.59 Å². The molecule has 0 spiro atoms. The van der Waals surface area contributed by atoms with Gasteiger partial charge in [0.2, 0.25) is 11.8 Å². The van der Waals surface area contributed by atoms with Gasteiger partial charge in [-0.3, -0.25) is 9.59 Å². The highest BCUT2D eigenvalue weighted by Crippen LogP contribution is 2.22. The summed E-state index contributed by atoms with van der Waals surface area (Å²) >= 11 is 0. The van der Waals surface area contributed by atoms with Crippen LogP contribution in [0.3, 0.4) is 0 Å². The van der Waals surface area contributed by atoms with Gasteiger partial charge in [0.25, 0.3) is 0 Å². The van der Waals surface area contributed by atoms with E-state index in [9.17, 15) is 9.59 Å². The van der Waals surface area contributed by atoms with E-state index in [0.29, 0.717) is 6.04 Å². The van der Waals surface area contributed by atoms with Crippen LogP contribution in [0, 0.1) is 5.92 Å². The summed E-state index contributed by atoms with van der Waals surface area (Å²) in [7, 11) is 1.88. The molecule has 0 aliphatic heterocycles. The first kappa shape index (κ1) is 22.2. The quantitative estimate of drug-likeness (QED) is 0.676. The van der Waals surface area contributed by atoms with Gasteiger partial charge in [0.05, 0.1) is 12.1 Å². The average Bonchev–Trinajstić information content (AvgIpc) is 2.71. The zero-order valence-corrected chi connectivity index (χ0v) is 17.4. The molecule has 154 valence electrons. The molecular weight excluding hydrogens is 350 g/mol. The molecule has 5 heteroatoms. The molecule has 2 amide bonds. The summed E-state index contributed by atoms with van der Waals surface area (Å²) in [5, 5.41) is 2.99. The van der Waals surface area contributed by atoms with Gasteiger partial charge < -0.3 is 16.0 Å². The number of amides is 2. The molecule has 1 aromatic rings. The number of carbonyl (C=O) groups is 2. The summed E-state index contributed by atoms with van der Waals surface area (Å²) in [6.07, 6.45) is 10.0. The number of likely N-dealkylation sites (N-methyl/N-ethyl adjacent to an activating group) is 1. The summed E-state index contributed by atoms with van der Waals surface area (Å²) in [5.74, 6) is -0.0735. The molecule has 1 aromatic carbocycles. The molecule has 0 bridgehead atoms. The molecule has 1 aliphatic rings. The maximum absolute atomic E-state index is 12.6. The molecule has 1 saturated carbocycles. The summed E-state index contributed by atoms with van der Waals surface area (Å²) < 4.78 is 0. The van der Waals surface area contributed by atoms with Crippen LogP contribution in [-0.4, -0.2) is 41.9 Å². The van der Waals surface area contributed by atoms with Crippen LogP contribution in [0.1, 0.15) is 51.5 Å². The maximum atomic E-state index is 12.6. The molecule has 0 heterocycles. The smallest absolute Gasteiger partial charge is 0.246 e. The third kappa shape index (κ3) is 6.79. The second-order valence-corrected chi connectivity index (χ2v) is 8.09. The summed E-state index contributed by atoms with van der Waals surface area (Å²) in [4.78, 5) is 26.7. The highest BCUT2D eigenvalue weighted by molar-refractivity contribution is 5.88. The second kappa shape index (κ2) is 11.0.